The van der Waals surface area contributed by atoms with Crippen LogP contribution in [0.1, 0.15) is 23.7 Å². The third-order valence-corrected chi connectivity index (χ3v) is 3.42. The van der Waals surface area contributed by atoms with Crippen molar-refractivity contribution >= 4 is 5.91 Å². The lowest BCUT2D eigenvalue weighted by molar-refractivity contribution is 0.0725. The highest BCUT2D eigenvalue weighted by molar-refractivity contribution is 5.94. The fourth-order valence-electron chi connectivity index (χ4n) is 2.24. The summed E-state index contributed by atoms with van der Waals surface area (Å²) in [4.78, 5) is 16.6. The molecule has 1 amide bonds. The SMILES string of the molecule is COCC(C)(CCO)NC(=O)c1ccc(-n2cccc2)nc1. The van der Waals surface area contributed by atoms with Gasteiger partial charge in [-0.05, 0) is 37.6 Å². The second kappa shape index (κ2) is 7.20. The number of ether oxygens (including phenoxy) is 1. The number of amides is 1. The standard InChI is InChI=1S/C16H21N3O3/c1-16(7-10-20,12-22-2)18-15(21)13-5-6-14(17-11-13)19-8-3-4-9-19/h3-6,8-9,11,20H,7,10,12H2,1-2H3,(H,18,21). The molecular formula is C16H21N3O3. The minimum Gasteiger partial charge on any atom is -0.396 e. The molecule has 2 aromatic rings. The molecule has 118 valence electrons. The zero-order valence-electron chi connectivity index (χ0n) is 12.8. The zero-order valence-corrected chi connectivity index (χ0v) is 12.8. The molecule has 0 fully saturated rings. The number of hydrogen-bond acceptors (Lipinski definition) is 4. The average molecular weight is 303 g/mol. The Morgan fingerprint density at radius 2 is 2.14 bits per heavy atom. The van der Waals surface area contributed by atoms with Gasteiger partial charge >= 0.3 is 0 Å². The van der Waals surface area contributed by atoms with Gasteiger partial charge in [0.15, 0.2) is 0 Å². The lowest BCUT2D eigenvalue weighted by Gasteiger charge is -2.29. The fourth-order valence-corrected chi connectivity index (χ4v) is 2.24. The Morgan fingerprint density at radius 1 is 1.41 bits per heavy atom. The largest absolute Gasteiger partial charge is 0.396 e. The first-order chi connectivity index (χ1) is 10.6. The molecule has 6 nitrogen and oxygen atoms in total. The number of nitrogens with one attached hydrogen (secondary N) is 1. The molecule has 0 aromatic carbocycles. The molecule has 0 aliphatic carbocycles. The first-order valence-corrected chi connectivity index (χ1v) is 7.10. The second-order valence-corrected chi connectivity index (χ2v) is 5.42. The van der Waals surface area contributed by atoms with E-state index in [0.717, 1.165) is 5.82 Å². The molecule has 0 radical (unpaired) electrons. The molecule has 0 aliphatic heterocycles. The summed E-state index contributed by atoms with van der Waals surface area (Å²) < 4.78 is 6.98. The highest BCUT2D eigenvalue weighted by atomic mass is 16.5. The maximum Gasteiger partial charge on any atom is 0.253 e. The summed E-state index contributed by atoms with van der Waals surface area (Å²) in [6.45, 7) is 2.14. The van der Waals surface area contributed by atoms with Gasteiger partial charge in [0.25, 0.3) is 5.91 Å². The number of methoxy groups -OCH3 is 1. The van der Waals surface area contributed by atoms with Crippen LogP contribution < -0.4 is 5.32 Å². The minimum atomic E-state index is -0.611. The molecule has 2 N–H and O–H groups in total. The number of carbonyl (C=O) groups excluding carboxylic acids is 1. The number of carbonyl (C=O) groups is 1. The summed E-state index contributed by atoms with van der Waals surface area (Å²) in [5.74, 6) is 0.510. The van der Waals surface area contributed by atoms with E-state index in [9.17, 15) is 4.79 Å². The maximum atomic E-state index is 12.3. The molecule has 1 unspecified atom stereocenters. The number of rotatable bonds is 7. The van der Waals surface area contributed by atoms with E-state index >= 15 is 0 Å². The van der Waals surface area contributed by atoms with E-state index in [2.05, 4.69) is 10.3 Å². The molecule has 6 heteroatoms. The van der Waals surface area contributed by atoms with Crippen LogP contribution in [0.5, 0.6) is 0 Å². The second-order valence-electron chi connectivity index (χ2n) is 5.42. The monoisotopic (exact) mass is 303 g/mol. The molecular weight excluding hydrogens is 282 g/mol. The van der Waals surface area contributed by atoms with E-state index in [1.165, 1.54) is 6.20 Å². The summed E-state index contributed by atoms with van der Waals surface area (Å²) >= 11 is 0. The third kappa shape index (κ3) is 3.93. The molecule has 0 bridgehead atoms. The highest BCUT2D eigenvalue weighted by Gasteiger charge is 2.26. The number of aliphatic hydroxyl groups excluding tert-OH is 1. The Kier molecular flexibility index (Phi) is 5.30. The number of aliphatic hydroxyl groups is 1. The molecule has 2 aromatic heterocycles. The predicted octanol–water partition coefficient (Wildman–Crippen LogP) is 1.39. The molecule has 2 heterocycles. The van der Waals surface area contributed by atoms with E-state index < -0.39 is 5.54 Å². The van der Waals surface area contributed by atoms with Gasteiger partial charge < -0.3 is 19.7 Å². The fraction of sp³-hybridized carbons (Fsp3) is 0.375. The van der Waals surface area contributed by atoms with E-state index in [-0.39, 0.29) is 12.5 Å². The quantitative estimate of drug-likeness (QED) is 0.810. The van der Waals surface area contributed by atoms with Crippen LogP contribution in [0.2, 0.25) is 0 Å². The Labute approximate surface area is 129 Å². The van der Waals surface area contributed by atoms with Gasteiger partial charge in [-0.15, -0.1) is 0 Å². The molecule has 1 atom stereocenters. The van der Waals surface area contributed by atoms with E-state index in [0.29, 0.717) is 18.6 Å². The van der Waals surface area contributed by atoms with Crippen LogP contribution in [0.4, 0.5) is 0 Å². The predicted molar refractivity (Wildman–Crippen MR) is 83.0 cm³/mol. The molecule has 0 spiro atoms. The van der Waals surface area contributed by atoms with Gasteiger partial charge in [0.05, 0.1) is 17.7 Å². The van der Waals surface area contributed by atoms with E-state index in [1.807, 2.05) is 36.0 Å². The number of nitrogens with zero attached hydrogens (tertiary/aromatic N) is 2. The van der Waals surface area contributed by atoms with Gasteiger partial charge in [0, 0.05) is 32.3 Å². The molecule has 0 saturated carbocycles. The van der Waals surface area contributed by atoms with Gasteiger partial charge in [0.1, 0.15) is 5.82 Å². The minimum absolute atomic E-state index is 0.0229. The van der Waals surface area contributed by atoms with Crippen molar-refractivity contribution < 1.29 is 14.6 Å². The summed E-state index contributed by atoms with van der Waals surface area (Å²) in [6.07, 6.45) is 5.73. The summed E-state index contributed by atoms with van der Waals surface area (Å²) in [7, 11) is 1.56. The van der Waals surface area contributed by atoms with Gasteiger partial charge in [-0.1, -0.05) is 0 Å². The van der Waals surface area contributed by atoms with Crippen molar-refractivity contribution in [1.82, 2.24) is 14.9 Å². The van der Waals surface area contributed by atoms with Crippen LogP contribution in [0.3, 0.4) is 0 Å². The van der Waals surface area contributed by atoms with Crippen LogP contribution in [0.25, 0.3) is 5.82 Å². The van der Waals surface area contributed by atoms with Crippen LogP contribution in [0, 0.1) is 0 Å². The van der Waals surface area contributed by atoms with E-state index in [1.54, 1.807) is 19.2 Å². The van der Waals surface area contributed by atoms with E-state index in [4.69, 9.17) is 9.84 Å². The summed E-state index contributed by atoms with van der Waals surface area (Å²) in [5.41, 5.74) is -0.143. The number of pyridine rings is 1. The maximum absolute atomic E-state index is 12.3. The zero-order chi connectivity index (χ0) is 16.0. The Bertz CT molecular complexity index is 588. The molecule has 0 saturated heterocycles. The highest BCUT2D eigenvalue weighted by Crippen LogP contribution is 2.12. The number of aromatic nitrogens is 2. The van der Waals surface area contributed by atoms with Crippen molar-refractivity contribution in [3.63, 3.8) is 0 Å². The van der Waals surface area contributed by atoms with Crippen LogP contribution in [-0.4, -0.2) is 46.4 Å². The smallest absolute Gasteiger partial charge is 0.253 e. The van der Waals surface area contributed by atoms with Crippen LogP contribution in [0.15, 0.2) is 42.9 Å². The van der Waals surface area contributed by atoms with Crippen molar-refractivity contribution in [3.8, 4) is 5.82 Å². The summed E-state index contributed by atoms with van der Waals surface area (Å²) in [5, 5.41) is 12.0. The van der Waals surface area contributed by atoms with Gasteiger partial charge in [0.2, 0.25) is 0 Å². The number of hydrogen-bond donors (Lipinski definition) is 2. The van der Waals surface area contributed by atoms with Crippen LogP contribution in [-0.2, 0) is 4.74 Å². The normalized spacial score (nSPS) is 13.6. The third-order valence-electron chi connectivity index (χ3n) is 3.42. The van der Waals surface area contributed by atoms with Crippen molar-refractivity contribution in [2.24, 2.45) is 0 Å². The molecule has 0 aliphatic rings. The molecule has 2 rings (SSSR count). The summed E-state index contributed by atoms with van der Waals surface area (Å²) in [6, 6.07) is 7.33. The average Bonchev–Trinajstić information content (AvgIpc) is 3.02. The first kappa shape index (κ1) is 16.2. The van der Waals surface area contributed by atoms with Crippen molar-refractivity contribution in [2.75, 3.05) is 20.3 Å². The van der Waals surface area contributed by atoms with Gasteiger partial charge in [-0.3, -0.25) is 4.79 Å². The lowest BCUT2D eigenvalue weighted by atomic mass is 9.99. The first-order valence-electron chi connectivity index (χ1n) is 7.10. The van der Waals surface area contributed by atoms with Gasteiger partial charge in [-0.2, -0.15) is 0 Å². The Hall–Kier alpha value is -2.18. The van der Waals surface area contributed by atoms with Crippen molar-refractivity contribution in [2.45, 2.75) is 18.9 Å². The van der Waals surface area contributed by atoms with Crippen molar-refractivity contribution in [3.05, 3.63) is 48.4 Å². The van der Waals surface area contributed by atoms with Crippen molar-refractivity contribution in [1.29, 1.82) is 0 Å². The van der Waals surface area contributed by atoms with Gasteiger partial charge in [-0.25, -0.2) is 4.98 Å². The molecule has 22 heavy (non-hydrogen) atoms. The lowest BCUT2D eigenvalue weighted by Crippen LogP contribution is -2.50. The van der Waals surface area contributed by atoms with Crippen LogP contribution >= 0.6 is 0 Å². The Morgan fingerprint density at radius 3 is 2.68 bits per heavy atom. The Balaban J connectivity index is 2.09. The topological polar surface area (TPSA) is 76.4 Å².